The highest BCUT2D eigenvalue weighted by Crippen LogP contribution is 2.33. The standard InChI is InChI=1S/C26H41N/c1-4-7-8-9-10-11-12-19-25(27)26-23(16-6-3)21(15-5-2)20-22-17-13-14-18-24(22)26/h13-14,17-18,20,25H,4-12,15-16,19,27H2,1-3H3. The molecule has 0 spiro atoms. The van der Waals surface area contributed by atoms with Crippen molar-refractivity contribution in [2.75, 3.05) is 0 Å². The van der Waals surface area contributed by atoms with Gasteiger partial charge in [0.25, 0.3) is 0 Å². The molecule has 1 atom stereocenters. The van der Waals surface area contributed by atoms with Gasteiger partial charge in [0.1, 0.15) is 0 Å². The van der Waals surface area contributed by atoms with Crippen molar-refractivity contribution in [3.05, 3.63) is 47.0 Å². The molecular formula is C26H41N. The lowest BCUT2D eigenvalue weighted by Gasteiger charge is -2.22. The van der Waals surface area contributed by atoms with Crippen LogP contribution in [0.3, 0.4) is 0 Å². The number of fused-ring (bicyclic) bond motifs is 1. The maximum absolute atomic E-state index is 6.82. The van der Waals surface area contributed by atoms with Crippen LogP contribution < -0.4 is 5.73 Å². The van der Waals surface area contributed by atoms with Gasteiger partial charge in [-0.2, -0.15) is 0 Å². The van der Waals surface area contributed by atoms with Gasteiger partial charge in [0.15, 0.2) is 0 Å². The summed E-state index contributed by atoms with van der Waals surface area (Å²) in [5, 5.41) is 2.75. The Kier molecular flexibility index (Phi) is 9.91. The number of unbranched alkanes of at least 4 members (excludes halogenated alkanes) is 6. The van der Waals surface area contributed by atoms with E-state index in [1.54, 1.807) is 5.56 Å². The van der Waals surface area contributed by atoms with Gasteiger partial charge in [-0.05, 0) is 46.7 Å². The Balaban J connectivity index is 2.17. The van der Waals surface area contributed by atoms with Crippen LogP contribution in [0.5, 0.6) is 0 Å². The first kappa shape index (κ1) is 22.0. The van der Waals surface area contributed by atoms with Crippen LogP contribution in [-0.2, 0) is 12.8 Å². The van der Waals surface area contributed by atoms with Crippen LogP contribution in [0.4, 0.5) is 0 Å². The van der Waals surface area contributed by atoms with E-state index in [1.807, 2.05) is 0 Å². The van der Waals surface area contributed by atoms with E-state index in [2.05, 4.69) is 51.1 Å². The minimum Gasteiger partial charge on any atom is -0.324 e. The number of benzene rings is 2. The Hall–Kier alpha value is -1.34. The van der Waals surface area contributed by atoms with Crippen LogP contribution in [0.15, 0.2) is 30.3 Å². The highest BCUT2D eigenvalue weighted by molar-refractivity contribution is 5.88. The van der Waals surface area contributed by atoms with Gasteiger partial charge in [-0.15, -0.1) is 0 Å². The first-order chi connectivity index (χ1) is 13.2. The monoisotopic (exact) mass is 367 g/mol. The fourth-order valence-electron chi connectivity index (χ4n) is 4.41. The summed E-state index contributed by atoms with van der Waals surface area (Å²) in [6.07, 6.45) is 15.3. The maximum Gasteiger partial charge on any atom is 0.0303 e. The summed E-state index contributed by atoms with van der Waals surface area (Å²) in [7, 11) is 0. The second-order valence-electron chi connectivity index (χ2n) is 8.17. The van der Waals surface area contributed by atoms with Gasteiger partial charge in [-0.3, -0.25) is 0 Å². The third kappa shape index (κ3) is 6.35. The largest absolute Gasteiger partial charge is 0.324 e. The molecule has 0 saturated heterocycles. The van der Waals surface area contributed by atoms with Crippen LogP contribution >= 0.6 is 0 Å². The van der Waals surface area contributed by atoms with Gasteiger partial charge in [-0.1, -0.05) is 109 Å². The summed E-state index contributed by atoms with van der Waals surface area (Å²) in [5.41, 5.74) is 11.3. The number of nitrogens with two attached hydrogens (primary N) is 1. The van der Waals surface area contributed by atoms with E-state index in [0.29, 0.717) is 0 Å². The van der Waals surface area contributed by atoms with E-state index in [4.69, 9.17) is 5.73 Å². The molecule has 2 rings (SSSR count). The summed E-state index contributed by atoms with van der Waals surface area (Å²) in [6.45, 7) is 6.85. The molecule has 0 amide bonds. The van der Waals surface area contributed by atoms with Crippen molar-refractivity contribution >= 4 is 10.8 Å². The van der Waals surface area contributed by atoms with Gasteiger partial charge in [0.2, 0.25) is 0 Å². The lowest BCUT2D eigenvalue weighted by Crippen LogP contribution is -2.15. The molecule has 2 N–H and O–H groups in total. The van der Waals surface area contributed by atoms with Gasteiger partial charge in [0, 0.05) is 6.04 Å². The van der Waals surface area contributed by atoms with Crippen molar-refractivity contribution in [2.45, 2.75) is 104 Å². The summed E-state index contributed by atoms with van der Waals surface area (Å²) in [5.74, 6) is 0. The van der Waals surface area contributed by atoms with Crippen LogP contribution in [0.2, 0.25) is 0 Å². The quantitative estimate of drug-likeness (QED) is 0.358. The predicted octanol–water partition coefficient (Wildman–Crippen LogP) is 7.89. The van der Waals surface area contributed by atoms with Gasteiger partial charge in [0.05, 0.1) is 0 Å². The average Bonchev–Trinajstić information content (AvgIpc) is 2.68. The number of hydrogen-bond acceptors (Lipinski definition) is 1. The molecule has 0 bridgehead atoms. The SMILES string of the molecule is CCCCCCCCCC(N)c1c(CCC)c(CCC)cc2ccccc12. The molecule has 0 aromatic heterocycles. The van der Waals surface area contributed by atoms with E-state index in [0.717, 1.165) is 19.3 Å². The highest BCUT2D eigenvalue weighted by atomic mass is 14.6. The minimum atomic E-state index is 0.170. The van der Waals surface area contributed by atoms with Crippen molar-refractivity contribution in [1.29, 1.82) is 0 Å². The summed E-state index contributed by atoms with van der Waals surface area (Å²) >= 11 is 0. The molecule has 0 radical (unpaired) electrons. The molecule has 0 saturated carbocycles. The molecule has 2 aromatic carbocycles. The Bertz CT molecular complexity index is 673. The summed E-state index contributed by atoms with van der Waals surface area (Å²) in [4.78, 5) is 0. The Morgan fingerprint density at radius 3 is 2.15 bits per heavy atom. The molecule has 0 aliphatic rings. The van der Waals surface area contributed by atoms with Crippen LogP contribution in [-0.4, -0.2) is 0 Å². The van der Waals surface area contributed by atoms with Gasteiger partial charge in [-0.25, -0.2) is 0 Å². The molecule has 2 aromatic rings. The van der Waals surface area contributed by atoms with E-state index < -0.39 is 0 Å². The zero-order chi connectivity index (χ0) is 19.5. The van der Waals surface area contributed by atoms with Crippen LogP contribution in [0.25, 0.3) is 10.8 Å². The second-order valence-corrected chi connectivity index (χ2v) is 8.17. The Morgan fingerprint density at radius 1 is 0.778 bits per heavy atom. The summed E-state index contributed by atoms with van der Waals surface area (Å²) in [6, 6.07) is 11.5. The Morgan fingerprint density at radius 2 is 1.44 bits per heavy atom. The number of rotatable bonds is 13. The third-order valence-corrected chi connectivity index (χ3v) is 5.80. The van der Waals surface area contributed by atoms with Crippen molar-refractivity contribution in [3.63, 3.8) is 0 Å². The molecule has 0 aliphatic heterocycles. The zero-order valence-corrected chi connectivity index (χ0v) is 18.0. The van der Waals surface area contributed by atoms with Gasteiger partial charge < -0.3 is 5.73 Å². The predicted molar refractivity (Wildman–Crippen MR) is 121 cm³/mol. The average molecular weight is 368 g/mol. The molecule has 1 nitrogen and oxygen atoms in total. The minimum absolute atomic E-state index is 0.170. The van der Waals surface area contributed by atoms with Crippen LogP contribution in [0, 0.1) is 0 Å². The lowest BCUT2D eigenvalue weighted by atomic mass is 9.85. The first-order valence-corrected chi connectivity index (χ1v) is 11.5. The second kappa shape index (κ2) is 12.2. The number of hydrogen-bond donors (Lipinski definition) is 1. The summed E-state index contributed by atoms with van der Waals surface area (Å²) < 4.78 is 0. The topological polar surface area (TPSA) is 26.0 Å². The molecule has 0 fully saturated rings. The Labute approximate surface area is 167 Å². The van der Waals surface area contributed by atoms with Crippen molar-refractivity contribution in [1.82, 2.24) is 0 Å². The molecule has 150 valence electrons. The normalized spacial score (nSPS) is 12.6. The van der Waals surface area contributed by atoms with E-state index in [-0.39, 0.29) is 6.04 Å². The maximum atomic E-state index is 6.82. The van der Waals surface area contributed by atoms with E-state index >= 15 is 0 Å². The van der Waals surface area contributed by atoms with E-state index in [9.17, 15) is 0 Å². The van der Waals surface area contributed by atoms with Crippen LogP contribution in [0.1, 0.15) is 108 Å². The third-order valence-electron chi connectivity index (χ3n) is 5.80. The van der Waals surface area contributed by atoms with Crippen molar-refractivity contribution < 1.29 is 0 Å². The molecule has 0 aliphatic carbocycles. The van der Waals surface area contributed by atoms with Gasteiger partial charge >= 0.3 is 0 Å². The smallest absolute Gasteiger partial charge is 0.0303 e. The fourth-order valence-corrected chi connectivity index (χ4v) is 4.41. The fraction of sp³-hybridized carbons (Fsp3) is 0.615. The first-order valence-electron chi connectivity index (χ1n) is 11.5. The molecule has 1 unspecified atom stereocenters. The number of aryl methyl sites for hydroxylation is 1. The van der Waals surface area contributed by atoms with Crippen molar-refractivity contribution in [3.8, 4) is 0 Å². The molecule has 0 heterocycles. The highest BCUT2D eigenvalue weighted by Gasteiger charge is 2.17. The zero-order valence-electron chi connectivity index (χ0n) is 18.0. The van der Waals surface area contributed by atoms with E-state index in [1.165, 1.54) is 79.7 Å². The molecule has 1 heteroatoms. The lowest BCUT2D eigenvalue weighted by molar-refractivity contribution is 0.540. The molecular weight excluding hydrogens is 326 g/mol. The van der Waals surface area contributed by atoms with Crippen molar-refractivity contribution in [2.24, 2.45) is 5.73 Å². The molecule has 27 heavy (non-hydrogen) atoms.